The summed E-state index contributed by atoms with van der Waals surface area (Å²) in [7, 11) is 0. The van der Waals surface area contributed by atoms with E-state index in [2.05, 4.69) is 22.5 Å². The van der Waals surface area contributed by atoms with E-state index in [9.17, 15) is 10.1 Å². The third kappa shape index (κ3) is 3.31. The lowest BCUT2D eigenvalue weighted by Crippen LogP contribution is -2.43. The van der Waals surface area contributed by atoms with E-state index in [1.54, 1.807) is 6.07 Å². The maximum atomic E-state index is 12.7. The van der Waals surface area contributed by atoms with Crippen molar-refractivity contribution in [2.45, 2.75) is 50.2 Å². The van der Waals surface area contributed by atoms with Crippen LogP contribution in [0.2, 0.25) is 5.02 Å². The fourth-order valence-electron chi connectivity index (χ4n) is 4.79. The molecule has 4 rings (SSSR count). The number of fused-ring (bicyclic) bond motifs is 2. The van der Waals surface area contributed by atoms with E-state index in [4.69, 9.17) is 16.9 Å². The van der Waals surface area contributed by atoms with Crippen LogP contribution < -0.4 is 10.2 Å². The molecule has 4 atom stereocenters. The highest BCUT2D eigenvalue weighted by molar-refractivity contribution is 6.34. The maximum absolute atomic E-state index is 12.7. The number of anilines is 1. The predicted molar refractivity (Wildman–Crippen MR) is 102 cm³/mol. The zero-order valence-corrected chi connectivity index (χ0v) is 15.8. The van der Waals surface area contributed by atoms with Crippen LogP contribution in [0.15, 0.2) is 18.2 Å². The lowest BCUT2D eigenvalue weighted by Gasteiger charge is -2.23. The van der Waals surface area contributed by atoms with Crippen LogP contribution in [0.1, 0.15) is 42.5 Å². The summed E-state index contributed by atoms with van der Waals surface area (Å²) in [5.41, 5.74) is 1.46. The molecule has 0 spiro atoms. The lowest BCUT2D eigenvalue weighted by atomic mass is 9.95. The molecule has 3 aliphatic heterocycles. The van der Waals surface area contributed by atoms with Gasteiger partial charge in [-0.2, -0.15) is 10.5 Å². The molecule has 0 unspecified atom stereocenters. The van der Waals surface area contributed by atoms with Gasteiger partial charge in [0.05, 0.1) is 28.7 Å². The van der Waals surface area contributed by atoms with Gasteiger partial charge in [-0.05, 0) is 49.8 Å². The molecule has 0 radical (unpaired) electrons. The molecule has 6 nitrogen and oxygen atoms in total. The van der Waals surface area contributed by atoms with E-state index in [0.29, 0.717) is 22.9 Å². The molecule has 2 bridgehead atoms. The Labute approximate surface area is 164 Å². The highest BCUT2D eigenvalue weighted by atomic mass is 35.5. The monoisotopic (exact) mass is 383 g/mol. The fourth-order valence-corrected chi connectivity index (χ4v) is 5.05. The molecule has 0 aromatic heterocycles. The first-order chi connectivity index (χ1) is 13.1. The van der Waals surface area contributed by atoms with E-state index in [-0.39, 0.29) is 24.0 Å². The minimum atomic E-state index is -0.175. The van der Waals surface area contributed by atoms with Crippen molar-refractivity contribution in [2.24, 2.45) is 5.92 Å². The first-order valence-electron chi connectivity index (χ1n) is 9.51. The zero-order valence-electron chi connectivity index (χ0n) is 15.1. The summed E-state index contributed by atoms with van der Waals surface area (Å²) >= 11 is 6.42. The molecule has 0 aliphatic carbocycles. The van der Waals surface area contributed by atoms with Crippen molar-refractivity contribution < 1.29 is 4.79 Å². The van der Waals surface area contributed by atoms with Gasteiger partial charge in [0.25, 0.3) is 5.91 Å². The van der Waals surface area contributed by atoms with Gasteiger partial charge in [-0.3, -0.25) is 4.79 Å². The third-order valence-corrected chi connectivity index (χ3v) is 6.51. The first-order valence-corrected chi connectivity index (χ1v) is 9.89. The van der Waals surface area contributed by atoms with Crippen molar-refractivity contribution in [1.29, 1.82) is 10.5 Å². The molecule has 3 fully saturated rings. The molecule has 1 aromatic carbocycles. The van der Waals surface area contributed by atoms with Gasteiger partial charge in [0.2, 0.25) is 0 Å². The van der Waals surface area contributed by atoms with Crippen LogP contribution in [-0.2, 0) is 0 Å². The Hall–Kier alpha value is -2.44. The summed E-state index contributed by atoms with van der Waals surface area (Å²) in [6.45, 7) is 1.76. The summed E-state index contributed by atoms with van der Waals surface area (Å²) in [5.74, 6) is 0.225. The summed E-state index contributed by atoms with van der Waals surface area (Å²) < 4.78 is 0. The molecular weight excluding hydrogens is 362 g/mol. The number of benzene rings is 1. The number of hydrogen-bond acceptors (Lipinski definition) is 5. The van der Waals surface area contributed by atoms with Crippen molar-refractivity contribution >= 4 is 23.2 Å². The number of nitrogens with zero attached hydrogens (tertiary/aromatic N) is 4. The predicted octanol–water partition coefficient (Wildman–Crippen LogP) is 2.90. The van der Waals surface area contributed by atoms with Crippen molar-refractivity contribution in [3.8, 4) is 12.3 Å². The molecule has 3 saturated heterocycles. The SMILES string of the molecule is N#CC[C@H]1CCN(c2ccc(C(=O)N[C@@H]3C[C@H]4CC[C@@H]3N4C#N)c(Cl)c2)C1. The summed E-state index contributed by atoms with van der Waals surface area (Å²) in [6, 6.07) is 8.18. The molecule has 140 valence electrons. The van der Waals surface area contributed by atoms with Crippen LogP contribution in [0.5, 0.6) is 0 Å². The Morgan fingerprint density at radius 3 is 2.85 bits per heavy atom. The van der Waals surface area contributed by atoms with Crippen LogP contribution in [-0.4, -0.2) is 42.0 Å². The number of halogens is 1. The van der Waals surface area contributed by atoms with Crippen molar-refractivity contribution in [3.63, 3.8) is 0 Å². The van der Waals surface area contributed by atoms with Crippen molar-refractivity contribution in [3.05, 3.63) is 28.8 Å². The fraction of sp³-hybridized carbons (Fsp3) is 0.550. The highest BCUT2D eigenvalue weighted by Crippen LogP contribution is 2.37. The Balaban J connectivity index is 1.42. The van der Waals surface area contributed by atoms with E-state index in [1.165, 1.54) is 0 Å². The number of carbonyl (C=O) groups is 1. The number of nitriles is 2. The number of hydrogen-bond donors (Lipinski definition) is 1. The molecule has 3 heterocycles. The minimum absolute atomic E-state index is 0.0111. The highest BCUT2D eigenvalue weighted by Gasteiger charge is 2.46. The molecule has 27 heavy (non-hydrogen) atoms. The van der Waals surface area contributed by atoms with Crippen LogP contribution in [0, 0.1) is 28.7 Å². The second-order valence-electron chi connectivity index (χ2n) is 7.75. The Kier molecular flexibility index (Phi) is 4.85. The van der Waals surface area contributed by atoms with E-state index >= 15 is 0 Å². The number of nitrogens with one attached hydrogen (secondary N) is 1. The molecule has 0 saturated carbocycles. The summed E-state index contributed by atoms with van der Waals surface area (Å²) in [5, 5.41) is 21.6. The quantitative estimate of drug-likeness (QED) is 0.808. The standard InChI is InChI=1S/C20H22ClN5O/c21-17-9-14(25-8-6-13(11-25)5-7-22)1-3-16(17)20(27)24-18-10-15-2-4-19(18)26(15)12-23/h1,3,9,13,15,18-19H,2,4-6,8,10-11H2,(H,24,27)/t13-,15+,18+,19-/m0/s1. The van der Waals surface area contributed by atoms with Crippen LogP contribution >= 0.6 is 11.6 Å². The zero-order chi connectivity index (χ0) is 19.0. The van der Waals surface area contributed by atoms with Gasteiger partial charge in [-0.1, -0.05) is 11.6 Å². The molecule has 7 heteroatoms. The van der Waals surface area contributed by atoms with Gasteiger partial charge in [0.15, 0.2) is 6.19 Å². The van der Waals surface area contributed by atoms with Gasteiger partial charge in [0, 0.05) is 31.2 Å². The minimum Gasteiger partial charge on any atom is -0.371 e. The smallest absolute Gasteiger partial charge is 0.253 e. The van der Waals surface area contributed by atoms with Crippen LogP contribution in [0.3, 0.4) is 0 Å². The van der Waals surface area contributed by atoms with Crippen molar-refractivity contribution in [2.75, 3.05) is 18.0 Å². The molecule has 1 aromatic rings. The van der Waals surface area contributed by atoms with Crippen LogP contribution in [0.4, 0.5) is 5.69 Å². The largest absolute Gasteiger partial charge is 0.371 e. The van der Waals surface area contributed by atoms with E-state index in [0.717, 1.165) is 44.5 Å². The normalized spacial score (nSPS) is 28.9. The second kappa shape index (κ2) is 7.29. The van der Waals surface area contributed by atoms with Crippen molar-refractivity contribution in [1.82, 2.24) is 10.2 Å². The molecule has 1 amide bonds. The summed E-state index contributed by atoms with van der Waals surface area (Å²) in [4.78, 5) is 16.8. The first kappa shape index (κ1) is 17.9. The molecule has 1 N–H and O–H groups in total. The van der Waals surface area contributed by atoms with Gasteiger partial charge < -0.3 is 15.1 Å². The molecular formula is C20H22ClN5O. The van der Waals surface area contributed by atoms with Gasteiger partial charge in [-0.25, -0.2) is 0 Å². The lowest BCUT2D eigenvalue weighted by molar-refractivity contribution is 0.0928. The second-order valence-corrected chi connectivity index (χ2v) is 8.16. The van der Waals surface area contributed by atoms with Gasteiger partial charge >= 0.3 is 0 Å². The topological polar surface area (TPSA) is 83.2 Å². The molecule has 3 aliphatic rings. The average molecular weight is 384 g/mol. The van der Waals surface area contributed by atoms with Gasteiger partial charge in [0.1, 0.15) is 0 Å². The third-order valence-electron chi connectivity index (χ3n) is 6.20. The Morgan fingerprint density at radius 2 is 2.15 bits per heavy atom. The van der Waals surface area contributed by atoms with E-state index in [1.807, 2.05) is 17.0 Å². The number of amides is 1. The number of rotatable bonds is 4. The van der Waals surface area contributed by atoms with Gasteiger partial charge in [-0.15, -0.1) is 0 Å². The Morgan fingerprint density at radius 1 is 1.30 bits per heavy atom. The maximum Gasteiger partial charge on any atom is 0.253 e. The van der Waals surface area contributed by atoms with E-state index < -0.39 is 0 Å². The Bertz CT molecular complexity index is 829. The van der Waals surface area contributed by atoms with Crippen LogP contribution in [0.25, 0.3) is 0 Å². The number of carbonyl (C=O) groups excluding carboxylic acids is 1. The average Bonchev–Trinajstić information content (AvgIpc) is 3.35. The summed E-state index contributed by atoms with van der Waals surface area (Å²) in [6.07, 6.45) is 6.66.